The highest BCUT2D eigenvalue weighted by Gasteiger charge is 2.27. The van der Waals surface area contributed by atoms with Gasteiger partial charge < -0.3 is 9.47 Å². The van der Waals surface area contributed by atoms with Crippen LogP contribution in [-0.2, 0) is 0 Å². The van der Waals surface area contributed by atoms with Crippen LogP contribution in [0.4, 0.5) is 0 Å². The summed E-state index contributed by atoms with van der Waals surface area (Å²) in [6.45, 7) is 1.17. The quantitative estimate of drug-likeness (QED) is 0.794. The second-order valence-corrected chi connectivity index (χ2v) is 5.45. The average molecular weight is 289 g/mol. The molecule has 0 unspecified atom stereocenters. The van der Waals surface area contributed by atoms with Crippen LogP contribution in [0.1, 0.15) is 24.6 Å². The van der Waals surface area contributed by atoms with Crippen LogP contribution in [0.15, 0.2) is 24.3 Å². The van der Waals surface area contributed by atoms with E-state index in [9.17, 15) is 0 Å². The van der Waals surface area contributed by atoms with Crippen molar-refractivity contribution >= 4 is 11.6 Å². The topological polar surface area (TPSA) is 44.2 Å². The fourth-order valence-electron chi connectivity index (χ4n) is 2.31. The van der Waals surface area contributed by atoms with E-state index in [1.807, 2.05) is 18.2 Å². The van der Waals surface area contributed by atoms with Gasteiger partial charge in [-0.3, -0.25) is 0 Å². The fraction of sp³-hybridized carbons (Fsp3) is 0.333. The van der Waals surface area contributed by atoms with Gasteiger partial charge in [-0.1, -0.05) is 11.6 Å². The lowest BCUT2D eigenvalue weighted by atomic mass is 10.1. The van der Waals surface area contributed by atoms with Crippen molar-refractivity contribution in [3.63, 3.8) is 0 Å². The Morgan fingerprint density at radius 3 is 2.60 bits per heavy atom. The van der Waals surface area contributed by atoms with Crippen molar-refractivity contribution in [2.24, 2.45) is 0 Å². The number of halogens is 1. The van der Waals surface area contributed by atoms with Crippen molar-refractivity contribution in [2.45, 2.75) is 18.8 Å². The maximum absolute atomic E-state index is 6.11. The van der Waals surface area contributed by atoms with Crippen molar-refractivity contribution in [3.05, 3.63) is 35.2 Å². The van der Waals surface area contributed by atoms with E-state index >= 15 is 0 Å². The number of benzene rings is 1. The molecule has 1 aromatic heterocycles. The summed E-state index contributed by atoms with van der Waals surface area (Å²) in [4.78, 5) is 8.93. The van der Waals surface area contributed by atoms with E-state index < -0.39 is 0 Å². The van der Waals surface area contributed by atoms with Crippen LogP contribution in [-0.4, -0.2) is 23.2 Å². The second kappa shape index (κ2) is 4.63. The molecule has 20 heavy (non-hydrogen) atoms. The van der Waals surface area contributed by atoms with Gasteiger partial charge in [-0.15, -0.1) is 0 Å². The minimum absolute atomic E-state index is 0.477. The Labute approximate surface area is 121 Å². The maximum atomic E-state index is 6.11. The molecule has 5 heteroatoms. The van der Waals surface area contributed by atoms with Gasteiger partial charge in [-0.25, -0.2) is 9.97 Å². The van der Waals surface area contributed by atoms with Crippen LogP contribution < -0.4 is 9.47 Å². The van der Waals surface area contributed by atoms with Crippen molar-refractivity contribution in [3.8, 4) is 22.8 Å². The van der Waals surface area contributed by atoms with Crippen LogP contribution >= 0.6 is 11.6 Å². The highest BCUT2D eigenvalue weighted by atomic mass is 35.5. The molecule has 1 fully saturated rings. The van der Waals surface area contributed by atoms with Crippen molar-refractivity contribution in [1.29, 1.82) is 0 Å². The Morgan fingerprint density at radius 1 is 1.00 bits per heavy atom. The Hall–Kier alpha value is -1.81. The van der Waals surface area contributed by atoms with Crippen molar-refractivity contribution < 1.29 is 9.47 Å². The monoisotopic (exact) mass is 288 g/mol. The normalized spacial score (nSPS) is 17.1. The number of hydrogen-bond acceptors (Lipinski definition) is 4. The Bertz CT molecular complexity index is 671. The summed E-state index contributed by atoms with van der Waals surface area (Å²) < 4.78 is 11.1. The largest absolute Gasteiger partial charge is 0.486 e. The summed E-state index contributed by atoms with van der Waals surface area (Å²) in [5.41, 5.74) is 1.81. The van der Waals surface area contributed by atoms with Gasteiger partial charge in [0, 0.05) is 17.5 Å². The summed E-state index contributed by atoms with van der Waals surface area (Å²) in [5.74, 6) is 2.87. The number of fused-ring (bicyclic) bond motifs is 1. The molecule has 1 aliphatic heterocycles. The molecule has 1 saturated carbocycles. The smallest absolute Gasteiger partial charge is 0.162 e. The molecule has 2 aromatic rings. The molecule has 0 bridgehead atoms. The molecule has 4 rings (SSSR count). The molecule has 2 aliphatic rings. The van der Waals surface area contributed by atoms with Gasteiger partial charge >= 0.3 is 0 Å². The molecule has 0 amide bonds. The molecule has 4 nitrogen and oxygen atoms in total. The van der Waals surface area contributed by atoms with Gasteiger partial charge in [0.1, 0.15) is 24.2 Å². The average Bonchev–Trinajstić information content (AvgIpc) is 3.31. The predicted octanol–water partition coefficient (Wildman–Crippen LogP) is 3.45. The van der Waals surface area contributed by atoms with E-state index in [1.165, 1.54) is 0 Å². The zero-order valence-corrected chi connectivity index (χ0v) is 11.6. The molecule has 0 N–H and O–H groups in total. The molecular weight excluding hydrogens is 276 g/mol. The van der Waals surface area contributed by atoms with Crippen LogP contribution in [0.25, 0.3) is 11.3 Å². The van der Waals surface area contributed by atoms with Gasteiger partial charge in [-0.2, -0.15) is 0 Å². The number of hydrogen-bond donors (Lipinski definition) is 0. The van der Waals surface area contributed by atoms with Crippen molar-refractivity contribution in [1.82, 2.24) is 9.97 Å². The lowest BCUT2D eigenvalue weighted by Crippen LogP contribution is -2.15. The Morgan fingerprint density at radius 2 is 1.80 bits per heavy atom. The first-order valence-corrected chi connectivity index (χ1v) is 7.12. The van der Waals surface area contributed by atoms with E-state index in [0.29, 0.717) is 24.3 Å². The summed E-state index contributed by atoms with van der Waals surface area (Å²) >= 11 is 6.11. The van der Waals surface area contributed by atoms with E-state index in [0.717, 1.165) is 41.4 Å². The first-order valence-electron chi connectivity index (χ1n) is 6.74. The fourth-order valence-corrected chi connectivity index (χ4v) is 2.50. The van der Waals surface area contributed by atoms with Gasteiger partial charge in [0.05, 0.1) is 5.69 Å². The van der Waals surface area contributed by atoms with E-state index in [4.69, 9.17) is 21.1 Å². The minimum Gasteiger partial charge on any atom is -0.486 e. The molecule has 0 saturated heterocycles. The number of ether oxygens (including phenoxy) is 2. The molecule has 0 atom stereocenters. The minimum atomic E-state index is 0.477. The first kappa shape index (κ1) is 12.0. The third kappa shape index (κ3) is 2.20. The molecule has 2 heterocycles. The first-order chi connectivity index (χ1) is 9.79. The predicted molar refractivity (Wildman–Crippen MR) is 75.4 cm³/mol. The van der Waals surface area contributed by atoms with E-state index in [2.05, 4.69) is 9.97 Å². The highest BCUT2D eigenvalue weighted by molar-refractivity contribution is 6.29. The molecule has 1 aromatic carbocycles. The summed E-state index contributed by atoms with van der Waals surface area (Å²) in [5, 5.41) is 0.492. The molecule has 102 valence electrons. The van der Waals surface area contributed by atoms with Crippen LogP contribution in [0.5, 0.6) is 11.5 Å². The summed E-state index contributed by atoms with van der Waals surface area (Å²) in [7, 11) is 0. The van der Waals surface area contributed by atoms with Crippen LogP contribution in [0.2, 0.25) is 5.15 Å². The zero-order valence-electron chi connectivity index (χ0n) is 10.8. The maximum Gasteiger partial charge on any atom is 0.162 e. The molecule has 0 radical (unpaired) electrons. The highest BCUT2D eigenvalue weighted by Crippen LogP contribution is 2.40. The number of rotatable bonds is 2. The molecule has 0 spiro atoms. The molecule has 1 aliphatic carbocycles. The van der Waals surface area contributed by atoms with Gasteiger partial charge in [0.15, 0.2) is 11.5 Å². The lowest BCUT2D eigenvalue weighted by Gasteiger charge is -2.18. The standard InChI is InChI=1S/C15H13ClN2O2/c16-14-8-11(17-15(18-14)9-1-2-9)10-3-4-12-13(7-10)20-6-5-19-12/h3-4,7-9H,1-2,5-6H2. The van der Waals surface area contributed by atoms with E-state index in [1.54, 1.807) is 6.07 Å². The summed E-state index contributed by atoms with van der Waals surface area (Å²) in [6.07, 6.45) is 2.31. The van der Waals surface area contributed by atoms with Gasteiger partial charge in [0.25, 0.3) is 0 Å². The van der Waals surface area contributed by atoms with Crippen LogP contribution in [0, 0.1) is 0 Å². The third-order valence-corrected chi connectivity index (χ3v) is 3.69. The number of aromatic nitrogens is 2. The van der Waals surface area contributed by atoms with Gasteiger partial charge in [-0.05, 0) is 31.0 Å². The van der Waals surface area contributed by atoms with Crippen LogP contribution in [0.3, 0.4) is 0 Å². The Kier molecular flexibility index (Phi) is 2.77. The SMILES string of the molecule is Clc1cc(-c2ccc3c(c2)OCCO3)nc(C2CC2)n1. The number of nitrogens with zero attached hydrogens (tertiary/aromatic N) is 2. The zero-order chi connectivity index (χ0) is 13.5. The van der Waals surface area contributed by atoms with Gasteiger partial charge in [0.2, 0.25) is 0 Å². The summed E-state index contributed by atoms with van der Waals surface area (Å²) in [6, 6.07) is 7.63. The second-order valence-electron chi connectivity index (χ2n) is 5.07. The van der Waals surface area contributed by atoms with Crippen molar-refractivity contribution in [2.75, 3.05) is 13.2 Å². The van der Waals surface area contributed by atoms with E-state index in [-0.39, 0.29) is 0 Å². The molecular formula is C15H13ClN2O2. The Balaban J connectivity index is 1.76. The third-order valence-electron chi connectivity index (χ3n) is 3.49. The lowest BCUT2D eigenvalue weighted by molar-refractivity contribution is 0.171.